The molecule has 1 fully saturated rings. The van der Waals surface area contributed by atoms with Crippen molar-refractivity contribution in [3.63, 3.8) is 0 Å². The average Bonchev–Trinajstić information content (AvgIpc) is 2.97. The minimum atomic E-state index is -0.315. The van der Waals surface area contributed by atoms with E-state index in [2.05, 4.69) is 41.0 Å². The topological polar surface area (TPSA) is 54.6 Å². The van der Waals surface area contributed by atoms with Crippen molar-refractivity contribution < 1.29 is 9.18 Å². The minimum Gasteiger partial charge on any atom is -0.357 e. The molecule has 1 saturated heterocycles. The highest BCUT2D eigenvalue weighted by Crippen LogP contribution is 2.18. The molecular formula is C20H30FN5O. The third-order valence-electron chi connectivity index (χ3n) is 5.05. The number of piperazine rings is 1. The Morgan fingerprint density at radius 3 is 2.67 bits per heavy atom. The van der Waals surface area contributed by atoms with Gasteiger partial charge in [0.15, 0.2) is 0 Å². The van der Waals surface area contributed by atoms with Crippen LogP contribution >= 0.6 is 0 Å². The molecule has 6 nitrogen and oxygen atoms in total. The smallest absolute Gasteiger partial charge is 0.317 e. The number of carbonyl (C=O) groups excluding carboxylic acids is 1. The summed E-state index contributed by atoms with van der Waals surface area (Å²) in [6.07, 6.45) is 0. The largest absolute Gasteiger partial charge is 0.357 e. The molecule has 0 spiro atoms. The number of aromatic amines is 1. The SMILES string of the molecule is CN1CCN(CC(C)(C)NC(=O)N(C)Cc2cc3cc(F)ccc3[nH]2)CC1. The van der Waals surface area contributed by atoms with Gasteiger partial charge in [-0.3, -0.25) is 4.90 Å². The zero-order valence-electron chi connectivity index (χ0n) is 16.7. The van der Waals surface area contributed by atoms with Gasteiger partial charge in [0.25, 0.3) is 0 Å². The normalized spacial score (nSPS) is 16.6. The first-order valence-corrected chi connectivity index (χ1v) is 9.43. The van der Waals surface area contributed by atoms with Crippen molar-refractivity contribution in [3.05, 3.63) is 35.8 Å². The molecule has 2 aromatic rings. The predicted octanol–water partition coefficient (Wildman–Crippen LogP) is 2.47. The standard InChI is InChI=1S/C20H30FN5O/c1-20(2,14-26-9-7-24(3)8-10-26)23-19(27)25(4)13-17-12-15-11-16(21)5-6-18(15)22-17/h5-6,11-12,22H,7-10,13-14H2,1-4H3,(H,23,27). The van der Waals surface area contributed by atoms with Crippen molar-refractivity contribution in [3.8, 4) is 0 Å². The van der Waals surface area contributed by atoms with E-state index >= 15 is 0 Å². The lowest BCUT2D eigenvalue weighted by Crippen LogP contribution is -2.57. The summed E-state index contributed by atoms with van der Waals surface area (Å²) in [6.45, 7) is 9.55. The van der Waals surface area contributed by atoms with Gasteiger partial charge in [-0.2, -0.15) is 0 Å². The molecule has 0 aliphatic carbocycles. The van der Waals surface area contributed by atoms with Crippen molar-refractivity contribution in [2.45, 2.75) is 25.9 Å². The van der Waals surface area contributed by atoms with Crippen molar-refractivity contribution in [1.82, 2.24) is 25.0 Å². The van der Waals surface area contributed by atoms with E-state index in [1.54, 1.807) is 18.0 Å². The summed E-state index contributed by atoms with van der Waals surface area (Å²) in [5, 5.41) is 3.95. The summed E-state index contributed by atoms with van der Waals surface area (Å²) in [5.74, 6) is -0.259. The lowest BCUT2D eigenvalue weighted by Gasteiger charge is -2.38. The molecule has 3 rings (SSSR count). The summed E-state index contributed by atoms with van der Waals surface area (Å²) < 4.78 is 13.3. The number of hydrogen-bond donors (Lipinski definition) is 2. The number of urea groups is 1. The molecular weight excluding hydrogens is 345 g/mol. The summed E-state index contributed by atoms with van der Waals surface area (Å²) in [4.78, 5) is 22.2. The number of aromatic nitrogens is 1. The third-order valence-corrected chi connectivity index (χ3v) is 5.05. The van der Waals surface area contributed by atoms with E-state index in [1.807, 2.05) is 6.07 Å². The molecule has 0 saturated carbocycles. The van der Waals surface area contributed by atoms with E-state index in [0.29, 0.717) is 6.54 Å². The molecule has 0 unspecified atom stereocenters. The average molecular weight is 375 g/mol. The van der Waals surface area contributed by atoms with Crippen LogP contribution in [0.2, 0.25) is 0 Å². The van der Waals surface area contributed by atoms with Crippen LogP contribution in [0.15, 0.2) is 24.3 Å². The summed E-state index contributed by atoms with van der Waals surface area (Å²) in [7, 11) is 3.91. The van der Waals surface area contributed by atoms with Crippen LogP contribution in [-0.4, -0.2) is 78.1 Å². The number of benzene rings is 1. The summed E-state index contributed by atoms with van der Waals surface area (Å²) in [5.41, 5.74) is 1.44. The number of H-pyrrole nitrogens is 1. The highest BCUT2D eigenvalue weighted by molar-refractivity contribution is 5.80. The third kappa shape index (κ3) is 5.20. The second-order valence-electron chi connectivity index (χ2n) is 8.28. The fraction of sp³-hybridized carbons (Fsp3) is 0.550. The fourth-order valence-electron chi connectivity index (χ4n) is 3.57. The number of carbonyl (C=O) groups is 1. The number of likely N-dealkylation sites (N-methyl/N-ethyl adjacent to an activating group) is 1. The van der Waals surface area contributed by atoms with Gasteiger partial charge in [-0.25, -0.2) is 9.18 Å². The monoisotopic (exact) mass is 375 g/mol. The first kappa shape index (κ1) is 19.6. The number of fused-ring (bicyclic) bond motifs is 1. The zero-order chi connectivity index (χ0) is 19.6. The van der Waals surface area contributed by atoms with Crippen LogP contribution in [0, 0.1) is 5.82 Å². The first-order chi connectivity index (χ1) is 12.7. The van der Waals surface area contributed by atoms with Crippen LogP contribution < -0.4 is 5.32 Å². The van der Waals surface area contributed by atoms with E-state index in [4.69, 9.17) is 0 Å². The van der Waals surface area contributed by atoms with Gasteiger partial charge < -0.3 is 20.1 Å². The number of nitrogens with one attached hydrogen (secondary N) is 2. The number of nitrogens with zero attached hydrogens (tertiary/aromatic N) is 3. The van der Waals surface area contributed by atoms with Crippen molar-refractivity contribution in [2.75, 3.05) is 46.8 Å². The zero-order valence-corrected chi connectivity index (χ0v) is 16.7. The Labute approximate surface area is 160 Å². The molecule has 27 heavy (non-hydrogen) atoms. The molecule has 0 bridgehead atoms. The van der Waals surface area contributed by atoms with Crippen molar-refractivity contribution in [2.24, 2.45) is 0 Å². The predicted molar refractivity (Wildman–Crippen MR) is 106 cm³/mol. The minimum absolute atomic E-state index is 0.112. The summed E-state index contributed by atoms with van der Waals surface area (Å²) in [6, 6.07) is 6.42. The lowest BCUT2D eigenvalue weighted by molar-refractivity contribution is 0.122. The highest BCUT2D eigenvalue weighted by atomic mass is 19.1. The van der Waals surface area contributed by atoms with E-state index in [9.17, 15) is 9.18 Å². The van der Waals surface area contributed by atoms with Crippen LogP contribution in [0.5, 0.6) is 0 Å². The van der Waals surface area contributed by atoms with E-state index in [1.165, 1.54) is 12.1 Å². The van der Waals surface area contributed by atoms with Crippen molar-refractivity contribution >= 4 is 16.9 Å². The molecule has 0 radical (unpaired) electrons. The molecule has 1 aliphatic heterocycles. The second kappa shape index (κ2) is 7.86. The van der Waals surface area contributed by atoms with Crippen LogP contribution in [0.1, 0.15) is 19.5 Å². The molecule has 7 heteroatoms. The van der Waals surface area contributed by atoms with Crippen LogP contribution in [-0.2, 0) is 6.54 Å². The van der Waals surface area contributed by atoms with Gasteiger partial charge in [0.05, 0.1) is 6.54 Å². The highest BCUT2D eigenvalue weighted by Gasteiger charge is 2.27. The van der Waals surface area contributed by atoms with Gasteiger partial charge in [-0.15, -0.1) is 0 Å². The van der Waals surface area contributed by atoms with Crippen molar-refractivity contribution in [1.29, 1.82) is 0 Å². The maximum Gasteiger partial charge on any atom is 0.317 e. The van der Waals surface area contributed by atoms with Gasteiger partial charge >= 0.3 is 6.03 Å². The quantitative estimate of drug-likeness (QED) is 0.844. The Hall–Kier alpha value is -2.12. The van der Waals surface area contributed by atoms with Crippen LogP contribution in [0.4, 0.5) is 9.18 Å². The number of halogens is 1. The van der Waals surface area contributed by atoms with Gasteiger partial charge in [0.2, 0.25) is 0 Å². The first-order valence-electron chi connectivity index (χ1n) is 9.43. The Kier molecular flexibility index (Phi) is 5.72. The fourth-order valence-corrected chi connectivity index (χ4v) is 3.57. The number of hydrogen-bond acceptors (Lipinski definition) is 3. The number of rotatable bonds is 5. The second-order valence-corrected chi connectivity index (χ2v) is 8.28. The number of amides is 2. The molecule has 1 aromatic heterocycles. The van der Waals surface area contributed by atoms with E-state index in [-0.39, 0.29) is 17.4 Å². The lowest BCUT2D eigenvalue weighted by atomic mass is 10.0. The molecule has 0 atom stereocenters. The maximum atomic E-state index is 13.3. The van der Waals surface area contributed by atoms with E-state index < -0.39 is 0 Å². The summed E-state index contributed by atoms with van der Waals surface area (Å²) >= 11 is 0. The molecule has 2 heterocycles. The van der Waals surface area contributed by atoms with E-state index in [0.717, 1.165) is 49.3 Å². The molecule has 1 aliphatic rings. The molecule has 1 aromatic carbocycles. The Morgan fingerprint density at radius 1 is 1.26 bits per heavy atom. The molecule has 148 valence electrons. The van der Waals surface area contributed by atoms with Crippen LogP contribution in [0.25, 0.3) is 10.9 Å². The van der Waals surface area contributed by atoms with Gasteiger partial charge in [0.1, 0.15) is 5.82 Å². The van der Waals surface area contributed by atoms with Crippen LogP contribution in [0.3, 0.4) is 0 Å². The molecule has 2 N–H and O–H groups in total. The Balaban J connectivity index is 1.55. The Bertz CT molecular complexity index is 795. The van der Waals surface area contributed by atoms with Gasteiger partial charge in [-0.05, 0) is 45.2 Å². The van der Waals surface area contributed by atoms with Gasteiger partial charge in [0, 0.05) is 61.9 Å². The Morgan fingerprint density at radius 2 is 1.96 bits per heavy atom. The molecule has 2 amide bonds. The maximum absolute atomic E-state index is 13.3. The van der Waals surface area contributed by atoms with Gasteiger partial charge in [-0.1, -0.05) is 0 Å².